The van der Waals surface area contributed by atoms with Crippen LogP contribution in [0, 0.1) is 0 Å². The van der Waals surface area contributed by atoms with Crippen LogP contribution in [0.15, 0.2) is 132 Å². The first-order valence-corrected chi connectivity index (χ1v) is 14.7. The quantitative estimate of drug-likeness (QED) is 0.0708. The van der Waals surface area contributed by atoms with E-state index in [1.165, 1.54) is 23.7 Å². The summed E-state index contributed by atoms with van der Waals surface area (Å²) in [5, 5.41) is 14.3. The van der Waals surface area contributed by atoms with Crippen molar-refractivity contribution in [2.45, 2.75) is 38.8 Å². The minimum atomic E-state index is 1.01. The van der Waals surface area contributed by atoms with E-state index in [1.54, 1.807) is 0 Å². The zero-order valence-electron chi connectivity index (χ0n) is 24.6. The van der Waals surface area contributed by atoms with Crippen LogP contribution >= 0.6 is 0 Å². The van der Waals surface area contributed by atoms with Gasteiger partial charge in [-0.25, -0.2) is 4.57 Å². The lowest BCUT2D eigenvalue weighted by Gasteiger charge is -2.12. The molecule has 5 rings (SSSR count). The molecule has 0 aliphatic carbocycles. The summed E-state index contributed by atoms with van der Waals surface area (Å²) in [6.07, 6.45) is 15.1. The van der Waals surface area contributed by atoms with Crippen molar-refractivity contribution in [1.29, 1.82) is 0 Å². The Labute approximate surface area is 249 Å². The molecule has 0 aliphatic rings. The Morgan fingerprint density at radius 3 is 1.93 bits per heavy atom. The van der Waals surface area contributed by atoms with E-state index in [2.05, 4.69) is 105 Å². The van der Waals surface area contributed by atoms with Gasteiger partial charge in [0.15, 0.2) is 18.6 Å². The van der Waals surface area contributed by atoms with Gasteiger partial charge in [0.2, 0.25) is 5.52 Å². The molecule has 2 heterocycles. The van der Waals surface area contributed by atoms with Gasteiger partial charge in [-0.05, 0) is 49.2 Å². The third-order valence-electron chi connectivity index (χ3n) is 7.41. The van der Waals surface area contributed by atoms with Gasteiger partial charge in [0.25, 0.3) is 0 Å². The number of rotatable bonds is 13. The average Bonchev–Trinajstić information content (AvgIpc) is 3.05. The molecule has 0 radical (unpaired) electrons. The number of nitrogens with zero attached hydrogens (tertiary/aromatic N) is 6. The number of unbranched alkanes of at least 4 members (excludes halogenated alkanes) is 3. The second-order valence-electron chi connectivity index (χ2n) is 10.5. The van der Waals surface area contributed by atoms with Crippen LogP contribution in [-0.4, -0.2) is 26.5 Å². The minimum absolute atomic E-state index is 1.01. The summed E-state index contributed by atoms with van der Waals surface area (Å²) in [5.41, 5.74) is 5.61. The van der Waals surface area contributed by atoms with Gasteiger partial charge in [-0.15, -0.1) is 0 Å². The fourth-order valence-electron chi connectivity index (χ4n) is 5.03. The van der Waals surface area contributed by atoms with E-state index >= 15 is 0 Å². The summed E-state index contributed by atoms with van der Waals surface area (Å²) in [4.78, 5) is 0. The first-order chi connectivity index (χ1) is 20.7. The Morgan fingerprint density at radius 2 is 1.21 bits per heavy atom. The molecule has 0 bridgehead atoms. The molecule has 2 aromatic heterocycles. The van der Waals surface area contributed by atoms with Crippen LogP contribution in [-0.2, 0) is 13.1 Å². The Morgan fingerprint density at radius 1 is 0.595 bits per heavy atom. The number of benzene rings is 3. The zero-order chi connectivity index (χ0) is 29.0. The number of hydrogen-bond acceptors (Lipinski definition) is 4. The molecule has 0 saturated carbocycles. The molecule has 212 valence electrons. The number of hydrogen-bond donors (Lipinski definition) is 0. The highest BCUT2D eigenvalue weighted by molar-refractivity contribution is 5.97. The van der Waals surface area contributed by atoms with E-state index in [0.717, 1.165) is 48.4 Å². The zero-order valence-corrected chi connectivity index (χ0v) is 24.6. The standard InChI is InChI=1S/C36H40N6/c1-39(33-17-7-5-8-18-33)37-28-31-16-15-25-41(30-31)24-13-3-4-14-26-42-27-23-32(35-21-11-12-22-36(35)42)29-38-40(2)34-19-9-6-10-20-34/h5-12,15-23,25,27-30H,3-4,13-14,24,26H2,1-2H3/q+2. The normalized spacial score (nSPS) is 11.5. The minimum Gasteiger partial charge on any atom is -0.269 e. The highest BCUT2D eigenvalue weighted by Crippen LogP contribution is 2.16. The van der Waals surface area contributed by atoms with Crippen molar-refractivity contribution >= 4 is 34.7 Å². The molecule has 6 nitrogen and oxygen atoms in total. The number of aryl methyl sites for hydroxylation is 2. The van der Waals surface area contributed by atoms with E-state index in [0.29, 0.717) is 0 Å². The Hall–Kier alpha value is -4.84. The summed E-state index contributed by atoms with van der Waals surface area (Å²) in [6, 6.07) is 35.4. The molecule has 0 fully saturated rings. The van der Waals surface area contributed by atoms with E-state index in [-0.39, 0.29) is 0 Å². The van der Waals surface area contributed by atoms with E-state index in [1.807, 2.05) is 72.9 Å². The highest BCUT2D eigenvalue weighted by atomic mass is 15.4. The summed E-state index contributed by atoms with van der Waals surface area (Å²) < 4.78 is 4.64. The Kier molecular flexibility index (Phi) is 10.0. The SMILES string of the molecule is CN(N=Cc1ccc[n+](CCCCCC[n+]2ccc(C=NN(C)c3ccccc3)c3ccccc32)c1)c1ccccc1. The lowest BCUT2D eigenvalue weighted by Crippen LogP contribution is -2.34. The third kappa shape index (κ3) is 7.88. The number of para-hydroxylation sites is 3. The van der Waals surface area contributed by atoms with E-state index < -0.39 is 0 Å². The van der Waals surface area contributed by atoms with Crippen LogP contribution in [0.25, 0.3) is 10.9 Å². The molecule has 0 unspecified atom stereocenters. The van der Waals surface area contributed by atoms with E-state index in [9.17, 15) is 0 Å². The number of fused-ring (bicyclic) bond motifs is 1. The second kappa shape index (κ2) is 14.7. The van der Waals surface area contributed by atoms with Crippen LogP contribution in [0.2, 0.25) is 0 Å². The average molecular weight is 557 g/mol. The lowest BCUT2D eigenvalue weighted by molar-refractivity contribution is -0.697. The third-order valence-corrected chi connectivity index (χ3v) is 7.41. The van der Waals surface area contributed by atoms with Gasteiger partial charge in [0, 0.05) is 50.7 Å². The predicted octanol–water partition coefficient (Wildman–Crippen LogP) is 6.62. The number of pyridine rings is 2. The van der Waals surface area contributed by atoms with Crippen LogP contribution in [0.5, 0.6) is 0 Å². The molecule has 0 N–H and O–H groups in total. The van der Waals surface area contributed by atoms with Crippen LogP contribution in [0.1, 0.15) is 36.8 Å². The smallest absolute Gasteiger partial charge is 0.213 e. The van der Waals surface area contributed by atoms with Crippen molar-refractivity contribution in [3.05, 3.63) is 133 Å². The van der Waals surface area contributed by atoms with Gasteiger partial charge in [-0.3, -0.25) is 10.0 Å². The van der Waals surface area contributed by atoms with Crippen molar-refractivity contribution < 1.29 is 9.13 Å². The maximum atomic E-state index is 4.69. The molecule has 0 atom stereocenters. The molecule has 6 heteroatoms. The van der Waals surface area contributed by atoms with Crippen molar-refractivity contribution in [2.24, 2.45) is 10.2 Å². The molecule has 42 heavy (non-hydrogen) atoms. The molecule has 5 aromatic rings. The molecule has 0 amide bonds. The summed E-state index contributed by atoms with van der Waals surface area (Å²) in [7, 11) is 3.95. The van der Waals surface area contributed by atoms with Crippen LogP contribution in [0.4, 0.5) is 11.4 Å². The van der Waals surface area contributed by atoms with Gasteiger partial charge >= 0.3 is 0 Å². The second-order valence-corrected chi connectivity index (χ2v) is 10.5. The van der Waals surface area contributed by atoms with Gasteiger partial charge < -0.3 is 0 Å². The number of aromatic nitrogens is 2. The first kappa shape index (κ1) is 28.7. The Bertz CT molecular complexity index is 1610. The monoisotopic (exact) mass is 556 g/mol. The fraction of sp³-hybridized carbons (Fsp3) is 0.222. The molecular formula is C36H40N6+2. The summed E-state index contributed by atoms with van der Waals surface area (Å²) in [5.74, 6) is 0. The highest BCUT2D eigenvalue weighted by Gasteiger charge is 2.11. The topological polar surface area (TPSA) is 39.0 Å². The van der Waals surface area contributed by atoms with Crippen LogP contribution < -0.4 is 19.2 Å². The predicted molar refractivity (Wildman–Crippen MR) is 174 cm³/mol. The molecule has 0 aliphatic heterocycles. The molecular weight excluding hydrogens is 516 g/mol. The maximum absolute atomic E-state index is 4.69. The van der Waals surface area contributed by atoms with Crippen molar-refractivity contribution in [3.8, 4) is 0 Å². The lowest BCUT2D eigenvalue weighted by atomic mass is 10.1. The maximum Gasteiger partial charge on any atom is 0.213 e. The van der Waals surface area contributed by atoms with Gasteiger partial charge in [0.1, 0.15) is 13.1 Å². The largest absolute Gasteiger partial charge is 0.269 e. The van der Waals surface area contributed by atoms with Crippen molar-refractivity contribution in [2.75, 3.05) is 24.1 Å². The fourth-order valence-corrected chi connectivity index (χ4v) is 5.03. The number of anilines is 2. The van der Waals surface area contributed by atoms with Crippen LogP contribution in [0.3, 0.4) is 0 Å². The van der Waals surface area contributed by atoms with Crippen molar-refractivity contribution in [1.82, 2.24) is 0 Å². The number of hydrazone groups is 2. The van der Waals surface area contributed by atoms with Crippen molar-refractivity contribution in [3.63, 3.8) is 0 Å². The van der Waals surface area contributed by atoms with Gasteiger partial charge in [-0.2, -0.15) is 14.8 Å². The molecule has 0 saturated heterocycles. The molecule has 3 aromatic carbocycles. The van der Waals surface area contributed by atoms with E-state index in [4.69, 9.17) is 0 Å². The van der Waals surface area contributed by atoms with Gasteiger partial charge in [0.05, 0.1) is 34.8 Å². The Balaban J connectivity index is 1.10. The summed E-state index contributed by atoms with van der Waals surface area (Å²) >= 11 is 0. The van der Waals surface area contributed by atoms with Gasteiger partial charge in [-0.1, -0.05) is 48.5 Å². The molecule has 0 spiro atoms. The first-order valence-electron chi connectivity index (χ1n) is 14.7. The summed E-state index contributed by atoms with van der Waals surface area (Å²) in [6.45, 7) is 2.02.